The Morgan fingerprint density at radius 3 is 2.89 bits per heavy atom. The lowest BCUT2D eigenvalue weighted by molar-refractivity contribution is 0.0533. The van der Waals surface area contributed by atoms with Gasteiger partial charge in [0.1, 0.15) is 5.54 Å². The van der Waals surface area contributed by atoms with Gasteiger partial charge in [0.05, 0.1) is 12.2 Å². The molecule has 0 radical (unpaired) electrons. The van der Waals surface area contributed by atoms with Crippen molar-refractivity contribution in [3.63, 3.8) is 0 Å². The van der Waals surface area contributed by atoms with Crippen LogP contribution in [0.25, 0.3) is 0 Å². The van der Waals surface area contributed by atoms with Gasteiger partial charge in [-0.25, -0.2) is 0 Å². The fraction of sp³-hybridized carbons (Fsp3) is 0.933. The van der Waals surface area contributed by atoms with E-state index in [9.17, 15) is 5.26 Å². The molecule has 0 aromatic carbocycles. The molecular formula is C15H27N3O. The van der Waals surface area contributed by atoms with E-state index < -0.39 is 0 Å². The van der Waals surface area contributed by atoms with Gasteiger partial charge in [0, 0.05) is 19.2 Å². The number of hydrogen-bond acceptors (Lipinski definition) is 4. The zero-order valence-electron chi connectivity index (χ0n) is 12.3. The molecule has 4 heteroatoms. The first kappa shape index (κ1) is 14.8. The molecule has 0 aromatic rings. The molecule has 1 saturated carbocycles. The average molecular weight is 265 g/mol. The van der Waals surface area contributed by atoms with Gasteiger partial charge in [-0.1, -0.05) is 6.92 Å². The van der Waals surface area contributed by atoms with Gasteiger partial charge in [0.25, 0.3) is 0 Å². The molecule has 1 aliphatic heterocycles. The summed E-state index contributed by atoms with van der Waals surface area (Å²) in [6, 6.07) is 3.04. The third-order valence-electron chi connectivity index (χ3n) is 4.59. The second kappa shape index (κ2) is 6.69. The lowest BCUT2D eigenvalue weighted by Gasteiger charge is -2.40. The van der Waals surface area contributed by atoms with E-state index in [0.29, 0.717) is 12.1 Å². The van der Waals surface area contributed by atoms with E-state index in [4.69, 9.17) is 4.74 Å². The Labute approximate surface area is 117 Å². The predicted molar refractivity (Wildman–Crippen MR) is 75.9 cm³/mol. The van der Waals surface area contributed by atoms with Crippen LogP contribution in [-0.2, 0) is 4.74 Å². The molecule has 1 aliphatic carbocycles. The van der Waals surface area contributed by atoms with E-state index >= 15 is 0 Å². The van der Waals surface area contributed by atoms with E-state index in [-0.39, 0.29) is 5.54 Å². The molecule has 1 heterocycles. The Kier molecular flexibility index (Phi) is 5.20. The normalized spacial score (nSPS) is 35.5. The Morgan fingerprint density at radius 2 is 2.26 bits per heavy atom. The number of nitriles is 1. The average Bonchev–Trinajstić information content (AvgIpc) is 2.92. The van der Waals surface area contributed by atoms with Crippen molar-refractivity contribution in [1.82, 2.24) is 10.2 Å². The Morgan fingerprint density at radius 1 is 1.42 bits per heavy atom. The fourth-order valence-corrected chi connectivity index (χ4v) is 3.52. The monoisotopic (exact) mass is 265 g/mol. The largest absolute Gasteiger partial charge is 0.377 e. The van der Waals surface area contributed by atoms with Crippen molar-refractivity contribution in [2.24, 2.45) is 0 Å². The highest BCUT2D eigenvalue weighted by molar-refractivity contribution is 5.11. The Hall–Kier alpha value is -0.630. The van der Waals surface area contributed by atoms with E-state index in [1.165, 1.54) is 19.3 Å². The number of hydrogen-bond donors (Lipinski definition) is 1. The third-order valence-corrected chi connectivity index (χ3v) is 4.59. The van der Waals surface area contributed by atoms with Crippen molar-refractivity contribution in [1.29, 1.82) is 5.26 Å². The van der Waals surface area contributed by atoms with Gasteiger partial charge in [-0.05, 0) is 52.1 Å². The van der Waals surface area contributed by atoms with Crippen molar-refractivity contribution < 1.29 is 4.74 Å². The number of likely N-dealkylation sites (N-methyl/N-ethyl adjacent to an activating group) is 1. The quantitative estimate of drug-likeness (QED) is 0.825. The van der Waals surface area contributed by atoms with Crippen LogP contribution >= 0.6 is 0 Å². The van der Waals surface area contributed by atoms with Crippen LogP contribution in [0.3, 0.4) is 0 Å². The fourth-order valence-electron chi connectivity index (χ4n) is 3.52. The second-order valence-corrected chi connectivity index (χ2v) is 6.05. The summed E-state index contributed by atoms with van der Waals surface area (Å²) in [6.45, 7) is 4.88. The van der Waals surface area contributed by atoms with Crippen LogP contribution in [0.1, 0.15) is 45.4 Å². The number of ether oxygens (including phenoxy) is 1. The summed E-state index contributed by atoms with van der Waals surface area (Å²) in [4.78, 5) is 2.42. The van der Waals surface area contributed by atoms with E-state index in [1.54, 1.807) is 0 Å². The minimum Gasteiger partial charge on any atom is -0.377 e. The molecule has 2 rings (SSSR count). The molecule has 4 nitrogen and oxygen atoms in total. The summed E-state index contributed by atoms with van der Waals surface area (Å²) in [5.41, 5.74) is -0.303. The van der Waals surface area contributed by atoms with E-state index in [0.717, 1.165) is 39.0 Å². The number of nitrogens with zero attached hydrogens (tertiary/aromatic N) is 2. The summed E-state index contributed by atoms with van der Waals surface area (Å²) in [6.07, 6.45) is 7.07. The van der Waals surface area contributed by atoms with Crippen molar-refractivity contribution >= 4 is 0 Å². The first-order valence-corrected chi connectivity index (χ1v) is 7.67. The summed E-state index contributed by atoms with van der Waals surface area (Å²) < 4.78 is 5.72. The summed E-state index contributed by atoms with van der Waals surface area (Å²) >= 11 is 0. The Balaban J connectivity index is 1.90. The summed E-state index contributed by atoms with van der Waals surface area (Å²) in [5.74, 6) is 0. The van der Waals surface area contributed by atoms with Crippen molar-refractivity contribution in [3.8, 4) is 6.07 Å². The van der Waals surface area contributed by atoms with Gasteiger partial charge >= 0.3 is 0 Å². The van der Waals surface area contributed by atoms with Gasteiger partial charge in [0.15, 0.2) is 0 Å². The maximum atomic E-state index is 9.50. The smallest absolute Gasteiger partial charge is 0.108 e. The molecule has 2 aliphatic rings. The van der Waals surface area contributed by atoms with Gasteiger partial charge < -0.3 is 9.64 Å². The van der Waals surface area contributed by atoms with E-state index in [2.05, 4.69) is 30.3 Å². The summed E-state index contributed by atoms with van der Waals surface area (Å²) in [7, 11) is 2.19. The highest BCUT2D eigenvalue weighted by Crippen LogP contribution is 2.31. The van der Waals surface area contributed by atoms with Gasteiger partial charge in [-0.2, -0.15) is 5.26 Å². The van der Waals surface area contributed by atoms with Crippen LogP contribution in [0.5, 0.6) is 0 Å². The van der Waals surface area contributed by atoms with Crippen LogP contribution in [0.15, 0.2) is 0 Å². The topological polar surface area (TPSA) is 48.3 Å². The van der Waals surface area contributed by atoms with Crippen molar-refractivity contribution in [2.45, 2.75) is 63.1 Å². The predicted octanol–water partition coefficient (Wildman–Crippen LogP) is 1.91. The van der Waals surface area contributed by atoms with Crippen LogP contribution in [0.2, 0.25) is 0 Å². The molecule has 108 valence electrons. The molecule has 3 atom stereocenters. The first-order chi connectivity index (χ1) is 9.19. The van der Waals surface area contributed by atoms with Crippen LogP contribution in [-0.4, -0.2) is 49.3 Å². The highest BCUT2D eigenvalue weighted by Gasteiger charge is 2.37. The van der Waals surface area contributed by atoms with Crippen LogP contribution in [0, 0.1) is 11.3 Å². The maximum Gasteiger partial charge on any atom is 0.108 e. The van der Waals surface area contributed by atoms with Gasteiger partial charge in [-0.3, -0.25) is 5.32 Å². The highest BCUT2D eigenvalue weighted by atomic mass is 16.5. The van der Waals surface area contributed by atoms with Crippen molar-refractivity contribution in [3.05, 3.63) is 0 Å². The van der Waals surface area contributed by atoms with Gasteiger partial charge in [0.2, 0.25) is 0 Å². The zero-order valence-corrected chi connectivity index (χ0v) is 12.3. The number of nitrogens with one attached hydrogen (secondary N) is 1. The second-order valence-electron chi connectivity index (χ2n) is 6.05. The minimum atomic E-state index is -0.303. The van der Waals surface area contributed by atoms with Crippen molar-refractivity contribution in [2.75, 3.05) is 26.7 Å². The zero-order chi connectivity index (χ0) is 13.7. The molecule has 0 amide bonds. The molecule has 0 aromatic heterocycles. The SMILES string of the molecule is CCNC1(C#N)CCCC(N(C)CC2CCCO2)C1. The molecule has 1 saturated heterocycles. The maximum absolute atomic E-state index is 9.50. The molecule has 3 unspecified atom stereocenters. The van der Waals surface area contributed by atoms with E-state index in [1.807, 2.05) is 0 Å². The standard InChI is InChI=1S/C15H27N3O/c1-3-17-15(12-16)8-4-6-13(10-15)18(2)11-14-7-5-9-19-14/h13-14,17H,3-11H2,1-2H3. The van der Waals surface area contributed by atoms with Crippen LogP contribution in [0.4, 0.5) is 0 Å². The number of rotatable bonds is 5. The molecule has 19 heavy (non-hydrogen) atoms. The molecule has 0 bridgehead atoms. The first-order valence-electron chi connectivity index (χ1n) is 7.67. The lowest BCUT2D eigenvalue weighted by atomic mass is 9.79. The molecular weight excluding hydrogens is 238 g/mol. The Bertz CT molecular complexity index is 318. The minimum absolute atomic E-state index is 0.303. The van der Waals surface area contributed by atoms with Gasteiger partial charge in [-0.15, -0.1) is 0 Å². The lowest BCUT2D eigenvalue weighted by Crippen LogP contribution is -2.52. The molecule has 1 N–H and O–H groups in total. The third kappa shape index (κ3) is 3.68. The van der Waals surface area contributed by atoms with Crippen LogP contribution < -0.4 is 5.32 Å². The molecule has 0 spiro atoms. The summed E-state index contributed by atoms with van der Waals surface area (Å²) in [5, 5.41) is 12.9. The molecule has 2 fully saturated rings.